The Morgan fingerprint density at radius 2 is 0.517 bits per heavy atom. The Hall–Kier alpha value is 17.2. The Labute approximate surface area is 743 Å². The van der Waals surface area contributed by atoms with Gasteiger partial charge in [0, 0.05) is 20.8 Å². The van der Waals surface area contributed by atoms with E-state index in [-0.39, 0.29) is 500 Å². The number of rotatable bonds is 3. The molecule has 0 saturated carbocycles. The molecule has 1 atom stereocenters. The van der Waals surface area contributed by atoms with E-state index in [1.807, 2.05) is 0 Å². The Balaban J connectivity index is -0.00000000448. The molecule has 0 aromatic heterocycles. The van der Waals surface area contributed by atoms with E-state index in [1.165, 1.54) is 0 Å². The molecule has 0 heterocycles. The molecule has 0 aliphatic heterocycles. The SMILES string of the molecule is Cl.Cl.Cl.O=S(=O)([O-])[O-].O=S(=O)([O-])[O-].O=[S-](=O)OO.O=[S-](=O)OO.O=[S](O)(=[Ca])OO.OCl.OCl.OCl.OCl.[CH2-]C.[CH2-]C.[Ca+2].[Ca+2].[Cl-].[Cl-].[H-].[H-].[H-].[Na+].[Na+].[Na+].[Na+].[Na+].[Na+].[Na+].[Na+].[Na+].[Na+].[Na+].[O-]Cl.[O-]Cl. The van der Waals surface area contributed by atoms with E-state index in [1.54, 1.807) is 13.8 Å². The van der Waals surface area contributed by atoms with Gasteiger partial charge in [0.25, 0.3) is 0 Å². The van der Waals surface area contributed by atoms with Crippen LogP contribution in [-0.4, -0.2) is 187 Å². The first-order valence-electron chi connectivity index (χ1n) is 6.08. The fourth-order valence-electron chi connectivity index (χ4n) is 0. The Bertz CT molecular complexity index is 795. The molecule has 26 nitrogen and oxygen atoms in total. The minimum atomic E-state index is -5.17. The van der Waals surface area contributed by atoms with Gasteiger partial charge in [0.15, 0.2) is 0 Å². The molecule has 1 unspecified atom stereocenters. The molecule has 0 bridgehead atoms. The van der Waals surface area contributed by atoms with Gasteiger partial charge in [-0.2, -0.15) is 13.8 Å². The number of halogens is 11. The van der Waals surface area contributed by atoms with Crippen LogP contribution in [0.4, 0.5) is 0 Å². The third-order valence-electron chi connectivity index (χ3n) is 0.238. The molecule has 0 aliphatic rings. The van der Waals surface area contributed by atoms with Crippen molar-refractivity contribution in [2.24, 2.45) is 0 Å². The second-order valence-corrected chi connectivity index (χ2v) is 9.51. The monoisotopic (exact) mass is 1410 g/mol. The zero-order valence-electron chi connectivity index (χ0n) is 36.8. The van der Waals surface area contributed by atoms with Crippen LogP contribution in [0.15, 0.2) is 0 Å². The maximum Gasteiger partial charge on any atom is 2.00 e. The Morgan fingerprint density at radius 1 is 0.483 bits per heavy atom. The van der Waals surface area contributed by atoms with Crippen molar-refractivity contribution in [2.75, 3.05) is 0 Å². The van der Waals surface area contributed by atoms with Crippen LogP contribution in [0.5, 0.6) is 0 Å². The predicted octanol–water partition coefficient (Wildman–Crippen LogP) is -40.9. The third kappa shape index (κ3) is 706. The minimum Gasteiger partial charge on any atom is -1.00 e. The van der Waals surface area contributed by atoms with E-state index < -0.39 is 47.2 Å². The van der Waals surface area contributed by atoms with Gasteiger partial charge in [0.05, 0.1) is 69.4 Å². The molecule has 0 radical (unpaired) electrons. The quantitative estimate of drug-likeness (QED) is 0.0247. The molecule has 0 aliphatic carbocycles. The summed E-state index contributed by atoms with van der Waals surface area (Å²) in [6.07, 6.45) is 0. The molecule has 60 heavy (non-hydrogen) atoms. The van der Waals surface area contributed by atoms with Crippen molar-refractivity contribution < 1.29 is 472 Å². The summed E-state index contributed by atoms with van der Waals surface area (Å²) in [5.74, 6) is 0. The van der Waals surface area contributed by atoms with Crippen LogP contribution in [-0.2, 0) is 77.1 Å². The van der Waals surface area contributed by atoms with Crippen LogP contribution in [0.2, 0.25) is 0 Å². The summed E-state index contributed by atoms with van der Waals surface area (Å²) in [4.78, 5) is 0. The van der Waals surface area contributed by atoms with Gasteiger partial charge in [-0.05, 0) is 0 Å². The standard InChI is InChI=1S/2C2H5.3Ca.4ClHO.2ClO.5ClH.11Na.3H2O4S.2HO4S.3H/c2*1-2;;;;6*1-2;;;;;;;;;;;;;;;;;2*1-5(2,3)4;3*1-4-5(2)3;;;/h2*1H2,2H3;;;;4*2H;;;5*1H;;;;;;;;;;;;2*(H2,1,2,3,4);1H,(H,2,3);2*1H;;;/q2*-1;;2*+2;;;;;2*-1;;;;;;11*+1;;;;5*-1/p-6. The van der Waals surface area contributed by atoms with E-state index in [0.29, 0.717) is 0 Å². The molecule has 8 N–H and O–H groups in total. The van der Waals surface area contributed by atoms with Crippen molar-refractivity contribution in [3.8, 4) is 0 Å². The molecule has 0 spiro atoms. The van der Waals surface area contributed by atoms with Crippen molar-refractivity contribution in [1.29, 1.82) is 0 Å². The summed E-state index contributed by atoms with van der Waals surface area (Å²) in [6, 6.07) is 0. The van der Waals surface area contributed by atoms with Gasteiger partial charge in [0.2, 0.25) is 0 Å². The van der Waals surface area contributed by atoms with Gasteiger partial charge in [-0.1, -0.05) is 0 Å². The van der Waals surface area contributed by atoms with Crippen molar-refractivity contribution in [3.05, 3.63) is 13.8 Å². The van der Waals surface area contributed by atoms with Crippen molar-refractivity contribution >= 4 is 264 Å². The summed E-state index contributed by atoms with van der Waals surface area (Å²) in [5.41, 5.74) is 0. The third-order valence-corrected chi connectivity index (χ3v) is 1.21. The van der Waals surface area contributed by atoms with Gasteiger partial charge in [-0.3, -0.25) is 54.7 Å². The molecule has 0 saturated heterocycles. The van der Waals surface area contributed by atoms with E-state index in [4.69, 9.17) is 100 Å². The number of hydrogen-bond donors (Lipinski definition) is 8. The molecular formula is C4H24Ca3Cl11Na11O26S5. The van der Waals surface area contributed by atoms with Crippen molar-refractivity contribution in [3.63, 3.8) is 0 Å². The Morgan fingerprint density at radius 3 is 0.517 bits per heavy atom. The van der Waals surface area contributed by atoms with Crippen LogP contribution >= 0.6 is 108 Å². The van der Waals surface area contributed by atoms with Gasteiger partial charge >= 0.3 is 457 Å². The maximum atomic E-state index is 9.69. The first kappa shape index (κ1) is 210. The smallest absolute Gasteiger partial charge is 1.00 e. The summed E-state index contributed by atoms with van der Waals surface area (Å²) in [7, 11) is -15.9. The van der Waals surface area contributed by atoms with Crippen molar-refractivity contribution in [1.82, 2.24) is 0 Å². The maximum absolute atomic E-state index is 9.69. The van der Waals surface area contributed by atoms with Crippen LogP contribution in [0, 0.1) is 13.8 Å². The van der Waals surface area contributed by atoms with Gasteiger partial charge in [-0.25, -0.2) is 23.7 Å². The fraction of sp³-hybridized carbons (Fsp3) is 0.500. The summed E-state index contributed by atoms with van der Waals surface area (Å²) in [5, 5.41) is 21.5. The van der Waals surface area contributed by atoms with E-state index in [2.05, 4.69) is 98.0 Å². The average molecular weight is 1410 g/mol. The first-order valence-corrected chi connectivity index (χ1v) is 17.0. The van der Waals surface area contributed by atoms with Crippen LogP contribution < -0.4 is 359 Å². The Kier molecular flexibility index (Phi) is 772. The van der Waals surface area contributed by atoms with Crippen molar-refractivity contribution in [2.45, 2.75) is 13.8 Å². The molecular weight excluding hydrogens is 1390 g/mol. The van der Waals surface area contributed by atoms with Gasteiger partial charge in [0.1, 0.15) is 0 Å². The van der Waals surface area contributed by atoms with Crippen LogP contribution in [0.25, 0.3) is 0 Å². The zero-order chi connectivity index (χ0) is 38.8. The normalized spacial score (nSPS) is 6.27. The fourth-order valence-corrected chi connectivity index (χ4v) is 0. The first-order chi connectivity index (χ1) is 19.1. The van der Waals surface area contributed by atoms with Crippen LogP contribution in [0.3, 0.4) is 0 Å². The summed E-state index contributed by atoms with van der Waals surface area (Å²) < 4.78 is 168. The van der Waals surface area contributed by atoms with E-state index in [9.17, 15) is 4.21 Å². The molecule has 320 valence electrons. The number of hydrogen-bond acceptors (Lipinski definition) is 27. The summed E-state index contributed by atoms with van der Waals surface area (Å²) in [6.45, 7) is 10.0. The zero-order valence-corrected chi connectivity index (χ0v) is 75.0. The molecule has 0 aromatic carbocycles. The topological polar surface area (TPSA) is 482 Å². The summed E-state index contributed by atoms with van der Waals surface area (Å²) >= 11 is 21.4. The van der Waals surface area contributed by atoms with Gasteiger partial charge < -0.3 is 87.3 Å². The molecule has 0 amide bonds. The minimum absolute atomic E-state index is 0. The second kappa shape index (κ2) is 221. The second-order valence-electron chi connectivity index (χ2n) is 2.03. The average Bonchev–Trinajstić information content (AvgIpc) is 2.96. The predicted molar refractivity (Wildman–Crippen MR) is 169 cm³/mol. The van der Waals surface area contributed by atoms with E-state index in [0.717, 1.165) is 0 Å². The van der Waals surface area contributed by atoms with E-state index >= 15 is 0 Å². The van der Waals surface area contributed by atoms with Crippen LogP contribution in [0.1, 0.15) is 18.1 Å². The largest absolute Gasteiger partial charge is 2.00 e. The molecule has 0 fully saturated rings. The molecule has 56 heteroatoms. The molecule has 0 rings (SSSR count). The molecule has 0 aromatic rings. The van der Waals surface area contributed by atoms with Gasteiger partial charge in [-0.15, -0.1) is 37.2 Å².